The Balaban J connectivity index is 2.03. The summed E-state index contributed by atoms with van der Waals surface area (Å²) in [6, 6.07) is 2.58. The molecule has 5 aromatic rings. The zero-order chi connectivity index (χ0) is 32.5. The van der Waals surface area contributed by atoms with E-state index in [2.05, 4.69) is 5.32 Å². The van der Waals surface area contributed by atoms with Gasteiger partial charge in [0.15, 0.2) is 22.4 Å². The van der Waals surface area contributed by atoms with Crippen LogP contribution in [-0.2, 0) is 29.2 Å². The lowest BCUT2D eigenvalue weighted by Crippen LogP contribution is -2.15. The van der Waals surface area contributed by atoms with Gasteiger partial charge in [-0.3, -0.25) is 19.2 Å². The second kappa shape index (κ2) is 11.0. The number of carboxylic acid groups (broad SMARTS) is 1. The topological polar surface area (TPSA) is 170 Å². The Morgan fingerprint density at radius 2 is 1.51 bits per heavy atom. The lowest BCUT2D eigenvalue weighted by molar-refractivity contribution is -0.137. The molecular formula is C35H33NO9. The van der Waals surface area contributed by atoms with Gasteiger partial charge in [-0.1, -0.05) is 18.6 Å². The van der Waals surface area contributed by atoms with Crippen LogP contribution in [-0.4, -0.2) is 45.8 Å². The SMILES string of the molecule is CCc1c(NCCCC(=O)O)c2c(=O)cc(CO)c3c4c(CO)cc(=O)c5c(O)c(OC)c6c(c(c1C=C(C)C6C(C)=O)c23)c54. The fraction of sp³-hybridized carbons (Fsp3) is 0.314. The number of phenolic OH excluding ortho intramolecular Hbond substituents is 1. The molecule has 0 fully saturated rings. The van der Waals surface area contributed by atoms with Gasteiger partial charge in [0.1, 0.15) is 5.78 Å². The molecule has 232 valence electrons. The monoisotopic (exact) mass is 611 g/mol. The Bertz CT molecular complexity index is 2240. The number of aromatic hydroxyl groups is 1. The van der Waals surface area contributed by atoms with Gasteiger partial charge in [0.05, 0.1) is 37.0 Å². The number of carbonyl (C=O) groups is 2. The van der Waals surface area contributed by atoms with Crippen LogP contribution in [0.3, 0.4) is 0 Å². The van der Waals surface area contributed by atoms with Crippen molar-refractivity contribution in [3.63, 3.8) is 0 Å². The summed E-state index contributed by atoms with van der Waals surface area (Å²) in [5.74, 6) is -2.50. The van der Waals surface area contributed by atoms with Crippen LogP contribution in [0, 0.1) is 0 Å². The van der Waals surface area contributed by atoms with Crippen LogP contribution in [0.15, 0.2) is 27.3 Å². The van der Waals surface area contributed by atoms with E-state index >= 15 is 0 Å². The highest BCUT2D eigenvalue weighted by Crippen LogP contribution is 2.56. The number of ether oxygens (including phenoxy) is 1. The van der Waals surface area contributed by atoms with Crippen molar-refractivity contribution in [3.8, 4) is 11.5 Å². The molecule has 10 heteroatoms. The maximum Gasteiger partial charge on any atom is 0.303 e. The molecule has 0 saturated carbocycles. The average molecular weight is 612 g/mol. The quantitative estimate of drug-likeness (QED) is 0.0859. The van der Waals surface area contributed by atoms with E-state index in [-0.39, 0.29) is 46.4 Å². The molecule has 0 radical (unpaired) electrons. The second-order valence-corrected chi connectivity index (χ2v) is 11.7. The van der Waals surface area contributed by atoms with Crippen molar-refractivity contribution >= 4 is 66.6 Å². The van der Waals surface area contributed by atoms with E-state index in [1.54, 1.807) is 6.92 Å². The molecule has 6 rings (SSSR count). The summed E-state index contributed by atoms with van der Waals surface area (Å²) in [5.41, 5.74) is 2.58. The third kappa shape index (κ3) is 4.16. The molecule has 1 aliphatic carbocycles. The van der Waals surface area contributed by atoms with Crippen LogP contribution in [0.2, 0.25) is 0 Å². The fourth-order valence-corrected chi connectivity index (χ4v) is 7.53. The van der Waals surface area contributed by atoms with Crippen LogP contribution < -0.4 is 20.9 Å². The van der Waals surface area contributed by atoms with E-state index in [4.69, 9.17) is 4.74 Å². The van der Waals surface area contributed by atoms with Crippen LogP contribution in [0.1, 0.15) is 67.3 Å². The normalized spacial score (nSPS) is 14.5. The number of carboxylic acids is 1. The van der Waals surface area contributed by atoms with E-state index in [9.17, 15) is 39.6 Å². The van der Waals surface area contributed by atoms with Gasteiger partial charge in [0.25, 0.3) is 0 Å². The van der Waals surface area contributed by atoms with Crippen molar-refractivity contribution in [1.82, 2.24) is 0 Å². The number of rotatable bonds is 10. The molecule has 0 aromatic heterocycles. The van der Waals surface area contributed by atoms with Crippen LogP contribution in [0.5, 0.6) is 11.5 Å². The fourth-order valence-electron chi connectivity index (χ4n) is 7.53. The number of nitrogens with one attached hydrogen (secondary N) is 1. The zero-order valence-corrected chi connectivity index (χ0v) is 25.4. The number of phenols is 1. The van der Waals surface area contributed by atoms with E-state index in [1.165, 1.54) is 26.2 Å². The van der Waals surface area contributed by atoms with Crippen LogP contribution >= 0.6 is 0 Å². The Hall–Kier alpha value is -4.80. The Morgan fingerprint density at radius 1 is 0.911 bits per heavy atom. The van der Waals surface area contributed by atoms with Gasteiger partial charge in [0, 0.05) is 35.0 Å². The minimum Gasteiger partial charge on any atom is -0.504 e. The first kappa shape index (κ1) is 30.2. The third-order valence-corrected chi connectivity index (χ3v) is 9.15. The van der Waals surface area contributed by atoms with Gasteiger partial charge in [-0.05, 0) is 82.6 Å². The van der Waals surface area contributed by atoms with Crippen molar-refractivity contribution < 1.29 is 34.8 Å². The molecule has 10 nitrogen and oxygen atoms in total. The first-order valence-corrected chi connectivity index (χ1v) is 14.8. The molecule has 0 aliphatic heterocycles. The maximum atomic E-state index is 14.0. The van der Waals surface area contributed by atoms with E-state index in [0.29, 0.717) is 72.9 Å². The van der Waals surface area contributed by atoms with Crippen molar-refractivity contribution in [2.24, 2.45) is 0 Å². The highest BCUT2D eigenvalue weighted by molar-refractivity contribution is 6.39. The number of carbonyl (C=O) groups excluding carboxylic acids is 1. The van der Waals surface area contributed by atoms with Crippen LogP contribution in [0.4, 0.5) is 5.69 Å². The van der Waals surface area contributed by atoms with Crippen molar-refractivity contribution in [2.45, 2.75) is 59.2 Å². The second-order valence-electron chi connectivity index (χ2n) is 11.7. The van der Waals surface area contributed by atoms with Crippen molar-refractivity contribution in [2.75, 3.05) is 19.0 Å². The van der Waals surface area contributed by atoms with Gasteiger partial charge in [0.2, 0.25) is 0 Å². The summed E-state index contributed by atoms with van der Waals surface area (Å²) in [6.45, 7) is 4.38. The molecule has 1 atom stereocenters. The predicted octanol–water partition coefficient (Wildman–Crippen LogP) is 4.52. The average Bonchev–Trinajstić information content (AvgIpc) is 3.13. The Kier molecular flexibility index (Phi) is 7.37. The van der Waals surface area contributed by atoms with Crippen molar-refractivity contribution in [3.05, 3.63) is 66.0 Å². The maximum absolute atomic E-state index is 14.0. The molecule has 45 heavy (non-hydrogen) atoms. The van der Waals surface area contributed by atoms with E-state index in [0.717, 1.165) is 5.56 Å². The zero-order valence-electron chi connectivity index (χ0n) is 25.4. The number of hydrogen-bond acceptors (Lipinski definition) is 9. The highest BCUT2D eigenvalue weighted by atomic mass is 16.5. The number of methoxy groups -OCH3 is 1. The highest BCUT2D eigenvalue weighted by Gasteiger charge is 2.36. The first-order valence-electron chi connectivity index (χ1n) is 14.8. The number of fused-ring (bicyclic) bond motifs is 1. The lowest BCUT2D eigenvalue weighted by atomic mass is 9.78. The molecule has 5 N–H and O–H groups in total. The lowest BCUT2D eigenvalue weighted by Gasteiger charge is -2.26. The summed E-state index contributed by atoms with van der Waals surface area (Å²) in [5, 5.41) is 48.3. The van der Waals surface area contributed by atoms with Gasteiger partial charge >= 0.3 is 5.97 Å². The van der Waals surface area contributed by atoms with Gasteiger partial charge < -0.3 is 30.5 Å². The molecule has 1 unspecified atom stereocenters. The number of benzene rings is 5. The van der Waals surface area contributed by atoms with Gasteiger partial charge in [-0.25, -0.2) is 0 Å². The summed E-state index contributed by atoms with van der Waals surface area (Å²) < 4.78 is 5.74. The van der Waals surface area contributed by atoms with E-state index < -0.39 is 36.3 Å². The minimum absolute atomic E-state index is 0.0238. The molecule has 0 amide bonds. The standard InChI is InChI=1S/C35H33NO9/c1-5-18-19-9-14(2)23(15(3)39)32-31-26(19)29-24(16(12-37)10-20(40)27(29)33(18)36-8-6-7-22(42)43)25-17(13-38)11-21(41)28(30(25)31)34(44)35(32)45-4/h9-11,23,36-38,44H,5-8,12-13H2,1-4H3,(H,42,43). The number of Topliss-reactive ketones (excluding diaryl/α,β-unsaturated/α-hetero) is 1. The molecule has 0 bridgehead atoms. The summed E-state index contributed by atoms with van der Waals surface area (Å²) in [6.07, 6.45) is 2.58. The Labute approximate surface area is 256 Å². The summed E-state index contributed by atoms with van der Waals surface area (Å²) >= 11 is 0. The number of aliphatic carboxylic acids is 1. The minimum atomic E-state index is -0.939. The summed E-state index contributed by atoms with van der Waals surface area (Å²) in [4.78, 5) is 52.4. The molecule has 0 saturated heterocycles. The van der Waals surface area contributed by atoms with Crippen LogP contribution in [0.25, 0.3) is 49.2 Å². The largest absolute Gasteiger partial charge is 0.504 e. The smallest absolute Gasteiger partial charge is 0.303 e. The first-order chi connectivity index (χ1) is 21.5. The molecule has 0 heterocycles. The number of aliphatic hydroxyl groups excluding tert-OH is 2. The summed E-state index contributed by atoms with van der Waals surface area (Å²) in [7, 11) is 1.35. The van der Waals surface area contributed by atoms with Gasteiger partial charge in [-0.15, -0.1) is 0 Å². The van der Waals surface area contributed by atoms with Gasteiger partial charge in [-0.2, -0.15) is 0 Å². The Morgan fingerprint density at radius 3 is 2.04 bits per heavy atom. The van der Waals surface area contributed by atoms with Crippen molar-refractivity contribution in [1.29, 1.82) is 0 Å². The molecule has 5 aromatic carbocycles. The molecular weight excluding hydrogens is 578 g/mol. The molecule has 0 spiro atoms. The third-order valence-electron chi connectivity index (χ3n) is 9.15. The number of ketones is 1. The number of allylic oxidation sites excluding steroid dienone is 1. The van der Waals surface area contributed by atoms with E-state index in [1.807, 2.05) is 13.0 Å². The number of anilines is 1. The number of hydrogen-bond donors (Lipinski definition) is 5. The number of aliphatic hydroxyl groups is 2. The predicted molar refractivity (Wildman–Crippen MR) is 173 cm³/mol. The molecule has 1 aliphatic rings.